The Balaban J connectivity index is 3.80. The fourth-order valence-electron chi connectivity index (χ4n) is 0.400. The highest BCUT2D eigenvalue weighted by Crippen LogP contribution is 2.31. The number of carbonyl (C=O) groups excluding carboxylic acids is 2. The molecule has 0 unspecified atom stereocenters. The lowest BCUT2D eigenvalue weighted by Gasteiger charge is -2.07. The maximum Gasteiger partial charge on any atom is 0.386 e. The smallest absolute Gasteiger partial charge is 0.378 e. The largest absolute Gasteiger partial charge is 0.386 e. The summed E-state index contributed by atoms with van der Waals surface area (Å²) >= 11 is 18.4. The van der Waals surface area contributed by atoms with Crippen molar-refractivity contribution in [3.63, 3.8) is 0 Å². The molecule has 70 valence electrons. The summed E-state index contributed by atoms with van der Waals surface area (Å²) in [7, 11) is 0. The molecule has 0 spiro atoms. The first kappa shape index (κ1) is 12.5. The molecule has 0 amide bonds. The van der Waals surface area contributed by atoms with Gasteiger partial charge in [-0.1, -0.05) is 34.8 Å². The summed E-state index contributed by atoms with van der Waals surface area (Å²) in [5.74, 6) is -1.73. The topological polar surface area (TPSA) is 43.4 Å². The van der Waals surface area contributed by atoms with E-state index in [1.165, 1.54) is 0 Å². The van der Waals surface area contributed by atoms with Gasteiger partial charge in [0.1, 0.15) is 0 Å². The molecule has 0 aliphatic heterocycles. The minimum Gasteiger partial charge on any atom is -0.378 e. The first-order valence-corrected chi connectivity index (χ1v) is 4.57. The number of rotatable bonds is 3. The molecule has 0 radical (unpaired) electrons. The number of halogens is 4. The molecule has 0 atom stereocenters. The van der Waals surface area contributed by atoms with Gasteiger partial charge in [-0.25, -0.2) is 4.79 Å². The van der Waals surface area contributed by atoms with Crippen LogP contribution in [-0.4, -0.2) is 15.5 Å². The molecule has 0 aliphatic carbocycles. The lowest BCUT2D eigenvalue weighted by molar-refractivity contribution is -0.145. The van der Waals surface area contributed by atoms with Crippen molar-refractivity contribution in [1.82, 2.24) is 0 Å². The van der Waals surface area contributed by atoms with Gasteiger partial charge in [-0.2, -0.15) is 0 Å². The Kier molecular flexibility index (Phi) is 5.48. The Morgan fingerprint density at radius 2 is 1.83 bits per heavy atom. The minimum absolute atomic E-state index is 0.0153. The van der Waals surface area contributed by atoms with Crippen molar-refractivity contribution >= 4 is 62.8 Å². The summed E-state index contributed by atoms with van der Waals surface area (Å²) in [6.45, 7) is 0. The Morgan fingerprint density at radius 3 is 2.17 bits per heavy atom. The maximum atomic E-state index is 10.7. The molecule has 0 bridgehead atoms. The molecular formula is C5H4BrCl3O3. The molecule has 0 heterocycles. The van der Waals surface area contributed by atoms with Crippen molar-refractivity contribution in [2.45, 2.75) is 16.6 Å². The van der Waals surface area contributed by atoms with Crippen molar-refractivity contribution in [3.8, 4) is 0 Å². The fourth-order valence-corrected chi connectivity index (χ4v) is 0.864. The highest BCUT2D eigenvalue weighted by atomic mass is 79.9. The second kappa shape index (κ2) is 5.27. The van der Waals surface area contributed by atoms with Crippen LogP contribution in [0.4, 0.5) is 0 Å². The van der Waals surface area contributed by atoms with Crippen molar-refractivity contribution in [1.29, 1.82) is 0 Å². The van der Waals surface area contributed by atoms with Crippen LogP contribution in [0, 0.1) is 0 Å². The number of hydrogen-bond donors (Lipinski definition) is 0. The molecule has 0 N–H and O–H groups in total. The lowest BCUT2D eigenvalue weighted by Crippen LogP contribution is -2.16. The quantitative estimate of drug-likeness (QED) is 0.594. The number of hydrogen-bond acceptors (Lipinski definition) is 3. The minimum atomic E-state index is -1.51. The van der Waals surface area contributed by atoms with E-state index in [0.29, 0.717) is 0 Å². The number of alkyl halides is 3. The lowest BCUT2D eigenvalue weighted by atomic mass is 10.2. The average Bonchev–Trinajstić information content (AvgIpc) is 1.97. The Bertz CT molecular complexity index is 189. The van der Waals surface area contributed by atoms with Gasteiger partial charge in [0.15, 0.2) is 20.1 Å². The van der Waals surface area contributed by atoms with E-state index in [4.69, 9.17) is 34.8 Å². The van der Waals surface area contributed by atoms with Crippen LogP contribution in [0.3, 0.4) is 0 Å². The van der Waals surface area contributed by atoms with Crippen LogP contribution in [0.25, 0.3) is 0 Å². The van der Waals surface area contributed by atoms with Gasteiger partial charge in [-0.3, -0.25) is 4.79 Å². The molecule has 0 saturated carbocycles. The van der Waals surface area contributed by atoms with Gasteiger partial charge < -0.3 is 3.83 Å². The second-order valence-electron chi connectivity index (χ2n) is 1.90. The van der Waals surface area contributed by atoms with Crippen LogP contribution in [0.5, 0.6) is 0 Å². The van der Waals surface area contributed by atoms with E-state index in [-0.39, 0.29) is 12.8 Å². The van der Waals surface area contributed by atoms with E-state index in [1.807, 2.05) is 0 Å². The van der Waals surface area contributed by atoms with E-state index in [9.17, 15) is 9.59 Å². The third-order valence-corrected chi connectivity index (χ3v) is 1.79. The van der Waals surface area contributed by atoms with Crippen LogP contribution >= 0.6 is 51.1 Å². The molecule has 0 aromatic rings. The molecule has 0 aliphatic rings. The zero-order valence-corrected chi connectivity index (χ0v) is 9.50. The van der Waals surface area contributed by atoms with Crippen LogP contribution in [0.2, 0.25) is 0 Å². The molecule has 0 aromatic carbocycles. The number of ketones is 1. The van der Waals surface area contributed by atoms with E-state index < -0.39 is 15.5 Å². The fraction of sp³-hybridized carbons (Fsp3) is 0.600. The predicted octanol–water partition coefficient (Wildman–Crippen LogP) is 2.56. The first-order valence-electron chi connectivity index (χ1n) is 2.79. The third kappa shape index (κ3) is 6.06. The van der Waals surface area contributed by atoms with E-state index in [0.717, 1.165) is 0 Å². The van der Waals surface area contributed by atoms with Gasteiger partial charge in [0.25, 0.3) is 0 Å². The molecular weight excluding hydrogens is 294 g/mol. The zero-order chi connectivity index (χ0) is 9.78. The van der Waals surface area contributed by atoms with Gasteiger partial charge in [0.05, 0.1) is 0 Å². The van der Waals surface area contributed by atoms with E-state index in [1.54, 1.807) is 0 Å². The average molecular weight is 298 g/mol. The standard InChI is InChI=1S/C5H4BrCl3O3/c6-12-4(11)3(10)1-2-5(7,8)9/h1-2H2. The highest BCUT2D eigenvalue weighted by Gasteiger charge is 2.24. The monoisotopic (exact) mass is 296 g/mol. The summed E-state index contributed by atoms with van der Waals surface area (Å²) in [4.78, 5) is 21.2. The van der Waals surface area contributed by atoms with Crippen molar-refractivity contribution in [2.24, 2.45) is 0 Å². The molecule has 0 fully saturated rings. The van der Waals surface area contributed by atoms with Gasteiger partial charge in [0.2, 0.25) is 5.78 Å². The second-order valence-corrected chi connectivity index (χ2v) is 4.74. The normalized spacial score (nSPS) is 11.0. The number of Topliss-reactive ketones (excluding diaryl/α,β-unsaturated/α-hetero) is 1. The van der Waals surface area contributed by atoms with Crippen LogP contribution in [0.1, 0.15) is 12.8 Å². The van der Waals surface area contributed by atoms with Gasteiger partial charge >= 0.3 is 5.97 Å². The van der Waals surface area contributed by atoms with Gasteiger partial charge in [0, 0.05) is 12.8 Å². The Hall–Kier alpha value is 0.490. The van der Waals surface area contributed by atoms with Crippen molar-refractivity contribution < 1.29 is 13.4 Å². The summed E-state index contributed by atoms with van der Waals surface area (Å²) in [5, 5.41) is 0. The van der Waals surface area contributed by atoms with Gasteiger partial charge in [-0.05, 0) is 0 Å². The van der Waals surface area contributed by atoms with Gasteiger partial charge in [-0.15, -0.1) is 0 Å². The molecule has 0 aromatic heterocycles. The molecule has 12 heavy (non-hydrogen) atoms. The first-order chi connectivity index (χ1) is 5.37. The maximum absolute atomic E-state index is 10.7. The van der Waals surface area contributed by atoms with Crippen LogP contribution in [-0.2, 0) is 13.4 Å². The summed E-state index contributed by atoms with van der Waals surface area (Å²) in [6, 6.07) is 0. The predicted molar refractivity (Wildman–Crippen MR) is 49.6 cm³/mol. The van der Waals surface area contributed by atoms with Crippen molar-refractivity contribution in [2.75, 3.05) is 0 Å². The Morgan fingerprint density at radius 1 is 1.33 bits per heavy atom. The van der Waals surface area contributed by atoms with Crippen LogP contribution < -0.4 is 0 Å². The molecule has 0 saturated heterocycles. The summed E-state index contributed by atoms with van der Waals surface area (Å²) in [6.07, 6.45) is -0.167. The van der Waals surface area contributed by atoms with Crippen LogP contribution in [0.15, 0.2) is 0 Å². The summed E-state index contributed by atoms with van der Waals surface area (Å²) < 4.78 is 2.46. The molecule has 7 heteroatoms. The SMILES string of the molecule is O=C(CCC(Cl)(Cl)Cl)C(=O)OBr. The van der Waals surface area contributed by atoms with E-state index in [2.05, 4.69) is 20.1 Å². The van der Waals surface area contributed by atoms with Crippen molar-refractivity contribution in [3.05, 3.63) is 0 Å². The highest BCUT2D eigenvalue weighted by molar-refractivity contribution is 9.06. The summed E-state index contributed by atoms with van der Waals surface area (Å²) in [5.41, 5.74) is 0. The molecule has 3 nitrogen and oxygen atoms in total. The van der Waals surface area contributed by atoms with E-state index >= 15 is 0 Å². The Labute approximate surface area is 92.7 Å². The zero-order valence-electron chi connectivity index (χ0n) is 5.65. The number of carbonyl (C=O) groups is 2. The molecule has 0 rings (SSSR count). The third-order valence-electron chi connectivity index (χ3n) is 0.933.